The molecule has 1 saturated heterocycles. The van der Waals surface area contributed by atoms with E-state index in [2.05, 4.69) is 31.0 Å². The van der Waals surface area contributed by atoms with Crippen molar-refractivity contribution in [1.29, 1.82) is 0 Å². The normalized spacial score (nSPS) is 30.2. The maximum atomic E-state index is 9.84. The lowest BCUT2D eigenvalue weighted by atomic mass is 9.89. The van der Waals surface area contributed by atoms with E-state index >= 15 is 0 Å². The first-order valence-electron chi connectivity index (χ1n) is 7.23. The summed E-state index contributed by atoms with van der Waals surface area (Å²) in [5, 5.41) is 13.5. The molecule has 0 aliphatic carbocycles. The summed E-state index contributed by atoms with van der Waals surface area (Å²) in [5.74, 6) is 0.423. The first kappa shape index (κ1) is 14.9. The van der Waals surface area contributed by atoms with Gasteiger partial charge in [0.15, 0.2) is 0 Å². The van der Waals surface area contributed by atoms with Crippen molar-refractivity contribution in [3.8, 4) is 0 Å². The average molecular weight is 242 g/mol. The molecule has 0 aromatic carbocycles. The Kier molecular flexibility index (Phi) is 6.45. The smallest absolute Gasteiger partial charge is 0.0553 e. The lowest BCUT2D eigenvalue weighted by Crippen LogP contribution is -2.53. The molecule has 0 amide bonds. The van der Waals surface area contributed by atoms with Crippen molar-refractivity contribution in [2.24, 2.45) is 5.92 Å². The van der Waals surface area contributed by atoms with Gasteiger partial charge in [0.1, 0.15) is 0 Å². The van der Waals surface area contributed by atoms with Crippen LogP contribution in [0.1, 0.15) is 47.0 Å². The number of nitrogens with zero attached hydrogens (tertiary/aromatic N) is 1. The summed E-state index contributed by atoms with van der Waals surface area (Å²) in [4.78, 5) is 2.54. The molecule has 0 spiro atoms. The Hall–Kier alpha value is -0.120. The third-order valence-electron chi connectivity index (χ3n) is 4.09. The van der Waals surface area contributed by atoms with E-state index in [1.54, 1.807) is 0 Å². The predicted molar refractivity (Wildman–Crippen MR) is 73.2 cm³/mol. The molecule has 0 radical (unpaired) electrons. The Morgan fingerprint density at radius 1 is 1.29 bits per heavy atom. The largest absolute Gasteiger partial charge is 0.393 e. The van der Waals surface area contributed by atoms with Gasteiger partial charge in [0.2, 0.25) is 0 Å². The van der Waals surface area contributed by atoms with Crippen molar-refractivity contribution >= 4 is 0 Å². The van der Waals surface area contributed by atoms with E-state index in [-0.39, 0.29) is 6.10 Å². The van der Waals surface area contributed by atoms with Crippen LogP contribution in [0.4, 0.5) is 0 Å². The minimum absolute atomic E-state index is 0.187. The highest BCUT2D eigenvalue weighted by molar-refractivity contribution is 4.87. The fraction of sp³-hybridized carbons (Fsp3) is 1.00. The van der Waals surface area contributed by atoms with Gasteiger partial charge in [-0.2, -0.15) is 0 Å². The molecule has 0 aromatic heterocycles. The van der Waals surface area contributed by atoms with Gasteiger partial charge in [-0.05, 0) is 45.6 Å². The molecule has 1 rings (SSSR count). The molecule has 1 aliphatic rings. The van der Waals surface area contributed by atoms with Gasteiger partial charge in [-0.3, -0.25) is 4.90 Å². The molecule has 4 atom stereocenters. The second-order valence-corrected chi connectivity index (χ2v) is 5.60. The minimum atomic E-state index is -0.187. The van der Waals surface area contributed by atoms with Crippen LogP contribution in [-0.2, 0) is 0 Å². The zero-order valence-corrected chi connectivity index (χ0v) is 11.9. The summed E-state index contributed by atoms with van der Waals surface area (Å²) in [6.07, 6.45) is 3.30. The van der Waals surface area contributed by atoms with Gasteiger partial charge in [0.05, 0.1) is 6.10 Å². The molecule has 3 nitrogen and oxygen atoms in total. The molecule has 1 heterocycles. The van der Waals surface area contributed by atoms with Crippen molar-refractivity contribution in [3.05, 3.63) is 0 Å². The molecule has 3 heteroatoms. The Morgan fingerprint density at radius 3 is 2.53 bits per heavy atom. The van der Waals surface area contributed by atoms with Gasteiger partial charge in [-0.25, -0.2) is 0 Å². The number of aliphatic hydroxyl groups is 1. The zero-order valence-electron chi connectivity index (χ0n) is 11.9. The Labute approximate surface area is 107 Å². The molecule has 1 aliphatic heterocycles. The van der Waals surface area contributed by atoms with Gasteiger partial charge in [0, 0.05) is 25.2 Å². The monoisotopic (exact) mass is 242 g/mol. The number of nitrogens with one attached hydrogen (secondary N) is 1. The molecule has 0 saturated carbocycles. The molecule has 1 fully saturated rings. The lowest BCUT2D eigenvalue weighted by molar-refractivity contribution is 0.0317. The van der Waals surface area contributed by atoms with E-state index in [1.165, 1.54) is 12.8 Å². The summed E-state index contributed by atoms with van der Waals surface area (Å²) < 4.78 is 0. The van der Waals surface area contributed by atoms with Crippen LogP contribution in [-0.4, -0.2) is 47.8 Å². The summed E-state index contributed by atoms with van der Waals surface area (Å²) in [6.45, 7) is 11.9. The summed E-state index contributed by atoms with van der Waals surface area (Å²) >= 11 is 0. The second kappa shape index (κ2) is 7.34. The van der Waals surface area contributed by atoms with Gasteiger partial charge < -0.3 is 10.4 Å². The first-order valence-corrected chi connectivity index (χ1v) is 7.23. The fourth-order valence-electron chi connectivity index (χ4n) is 2.64. The van der Waals surface area contributed by atoms with Gasteiger partial charge >= 0.3 is 0 Å². The fourth-order valence-corrected chi connectivity index (χ4v) is 2.64. The first-order chi connectivity index (χ1) is 8.08. The maximum Gasteiger partial charge on any atom is 0.0553 e. The van der Waals surface area contributed by atoms with Crippen LogP contribution in [0.15, 0.2) is 0 Å². The van der Waals surface area contributed by atoms with Crippen molar-refractivity contribution in [2.45, 2.75) is 65.1 Å². The summed E-state index contributed by atoms with van der Waals surface area (Å²) in [6, 6.07) is 1.18. The van der Waals surface area contributed by atoms with Gasteiger partial charge in [-0.1, -0.05) is 13.8 Å². The van der Waals surface area contributed by atoms with Crippen LogP contribution < -0.4 is 5.32 Å². The topological polar surface area (TPSA) is 35.5 Å². The highest BCUT2D eigenvalue weighted by atomic mass is 16.3. The molecular weight excluding hydrogens is 212 g/mol. The van der Waals surface area contributed by atoms with Crippen LogP contribution in [0.5, 0.6) is 0 Å². The third-order valence-corrected chi connectivity index (χ3v) is 4.09. The van der Waals surface area contributed by atoms with Crippen molar-refractivity contribution < 1.29 is 5.11 Å². The van der Waals surface area contributed by atoms with Crippen LogP contribution in [0, 0.1) is 5.92 Å². The van der Waals surface area contributed by atoms with E-state index < -0.39 is 0 Å². The molecule has 17 heavy (non-hydrogen) atoms. The number of likely N-dealkylation sites (tertiary alicyclic amines) is 1. The van der Waals surface area contributed by atoms with E-state index in [0.29, 0.717) is 18.0 Å². The van der Waals surface area contributed by atoms with Crippen LogP contribution >= 0.6 is 0 Å². The maximum absolute atomic E-state index is 9.84. The van der Waals surface area contributed by atoms with Crippen LogP contribution in [0.2, 0.25) is 0 Å². The number of piperidine rings is 1. The second-order valence-electron chi connectivity index (χ2n) is 5.60. The number of hydrogen-bond donors (Lipinski definition) is 2. The number of aliphatic hydroxyl groups excluding tert-OH is 1. The summed E-state index contributed by atoms with van der Waals surface area (Å²) in [5.41, 5.74) is 0. The molecule has 0 bridgehead atoms. The Morgan fingerprint density at radius 2 is 2.00 bits per heavy atom. The molecule has 2 N–H and O–H groups in total. The van der Waals surface area contributed by atoms with Gasteiger partial charge in [-0.15, -0.1) is 0 Å². The highest BCUT2D eigenvalue weighted by Crippen LogP contribution is 2.22. The predicted octanol–water partition coefficient (Wildman–Crippen LogP) is 1.86. The average Bonchev–Trinajstić information content (AvgIpc) is 2.34. The molecule has 102 valence electrons. The molecule has 4 unspecified atom stereocenters. The van der Waals surface area contributed by atoms with E-state index in [0.717, 1.165) is 26.1 Å². The SMILES string of the molecule is CCCNC1CC(C(C)O)CN(C(C)CC)C1. The summed E-state index contributed by atoms with van der Waals surface area (Å²) in [7, 11) is 0. The quantitative estimate of drug-likeness (QED) is 0.746. The van der Waals surface area contributed by atoms with Crippen LogP contribution in [0.25, 0.3) is 0 Å². The van der Waals surface area contributed by atoms with Crippen molar-refractivity contribution in [2.75, 3.05) is 19.6 Å². The van der Waals surface area contributed by atoms with E-state index in [1.807, 2.05) is 6.92 Å². The van der Waals surface area contributed by atoms with E-state index in [9.17, 15) is 5.11 Å². The standard InChI is InChI=1S/C14H30N2O/c1-5-7-15-14-8-13(12(4)17)9-16(10-14)11(3)6-2/h11-15,17H,5-10H2,1-4H3. The Balaban J connectivity index is 2.55. The van der Waals surface area contributed by atoms with E-state index in [4.69, 9.17) is 0 Å². The zero-order chi connectivity index (χ0) is 12.8. The minimum Gasteiger partial charge on any atom is -0.393 e. The Bertz CT molecular complexity index is 208. The molecule has 0 aromatic rings. The number of rotatable bonds is 6. The van der Waals surface area contributed by atoms with Gasteiger partial charge in [0.25, 0.3) is 0 Å². The number of hydrogen-bond acceptors (Lipinski definition) is 3. The third kappa shape index (κ3) is 4.57. The lowest BCUT2D eigenvalue weighted by Gasteiger charge is -2.42. The highest BCUT2D eigenvalue weighted by Gasteiger charge is 2.31. The molecular formula is C14H30N2O. The van der Waals surface area contributed by atoms with Crippen LogP contribution in [0.3, 0.4) is 0 Å². The van der Waals surface area contributed by atoms with Crippen molar-refractivity contribution in [1.82, 2.24) is 10.2 Å². The van der Waals surface area contributed by atoms with Crippen molar-refractivity contribution in [3.63, 3.8) is 0 Å².